The molecule has 0 aliphatic carbocycles. The van der Waals surface area contributed by atoms with Gasteiger partial charge in [0.2, 0.25) is 0 Å². The molecule has 2 rings (SSSR count). The van der Waals surface area contributed by atoms with Crippen molar-refractivity contribution in [3.8, 4) is 11.5 Å². The van der Waals surface area contributed by atoms with E-state index in [1.54, 1.807) is 12.5 Å². The first-order valence-corrected chi connectivity index (χ1v) is 6.67. The van der Waals surface area contributed by atoms with Crippen molar-refractivity contribution in [2.24, 2.45) is 0 Å². The molecule has 0 saturated heterocycles. The Morgan fingerprint density at radius 3 is 2.86 bits per heavy atom. The highest BCUT2D eigenvalue weighted by Crippen LogP contribution is 2.35. The second-order valence-corrected chi connectivity index (χ2v) is 4.69. The van der Waals surface area contributed by atoms with Crippen LogP contribution in [0.25, 0.3) is 0 Å². The number of carboxylic acids is 1. The first-order chi connectivity index (χ1) is 10.1. The second kappa shape index (κ2) is 6.49. The SMILES string of the molecule is CCn1cncc1COc1c(OC)cc(Cl)cc1C(=O)O. The molecule has 0 radical (unpaired) electrons. The minimum atomic E-state index is -1.13. The number of ether oxygens (including phenoxy) is 2. The van der Waals surface area contributed by atoms with E-state index < -0.39 is 5.97 Å². The van der Waals surface area contributed by atoms with Gasteiger partial charge < -0.3 is 19.1 Å². The average Bonchev–Trinajstić information content (AvgIpc) is 2.92. The zero-order chi connectivity index (χ0) is 15.4. The van der Waals surface area contributed by atoms with Crippen LogP contribution in [0.5, 0.6) is 11.5 Å². The van der Waals surface area contributed by atoms with E-state index in [-0.39, 0.29) is 28.7 Å². The lowest BCUT2D eigenvalue weighted by molar-refractivity contribution is 0.0690. The van der Waals surface area contributed by atoms with Crippen LogP contribution in [0.3, 0.4) is 0 Å². The van der Waals surface area contributed by atoms with Crippen LogP contribution in [0.2, 0.25) is 5.02 Å². The van der Waals surface area contributed by atoms with Gasteiger partial charge in [0.25, 0.3) is 0 Å². The summed E-state index contributed by atoms with van der Waals surface area (Å²) in [5.41, 5.74) is 0.799. The number of aromatic carboxylic acids is 1. The largest absolute Gasteiger partial charge is 0.493 e. The van der Waals surface area contributed by atoms with Crippen molar-refractivity contribution < 1.29 is 19.4 Å². The van der Waals surface area contributed by atoms with E-state index in [1.807, 2.05) is 11.5 Å². The number of aromatic nitrogens is 2. The molecule has 0 bridgehead atoms. The van der Waals surface area contributed by atoms with Crippen LogP contribution in [0.1, 0.15) is 23.0 Å². The van der Waals surface area contributed by atoms with Gasteiger partial charge in [-0.05, 0) is 13.0 Å². The molecule has 0 amide bonds. The lowest BCUT2D eigenvalue weighted by Gasteiger charge is -2.14. The molecule has 1 aromatic carbocycles. The van der Waals surface area contributed by atoms with Gasteiger partial charge in [-0.3, -0.25) is 0 Å². The Morgan fingerprint density at radius 2 is 2.24 bits per heavy atom. The molecule has 0 atom stereocenters. The fourth-order valence-corrected chi connectivity index (χ4v) is 2.14. The molecule has 1 aromatic heterocycles. The van der Waals surface area contributed by atoms with Crippen LogP contribution < -0.4 is 9.47 Å². The molecule has 0 saturated carbocycles. The number of hydrogen-bond donors (Lipinski definition) is 1. The highest BCUT2D eigenvalue weighted by molar-refractivity contribution is 6.31. The third-order valence-corrected chi connectivity index (χ3v) is 3.19. The molecule has 1 N–H and O–H groups in total. The summed E-state index contributed by atoms with van der Waals surface area (Å²) in [5.74, 6) is -0.699. The number of imidazole rings is 1. The number of methoxy groups -OCH3 is 1. The fraction of sp³-hybridized carbons (Fsp3) is 0.286. The average molecular weight is 311 g/mol. The van der Waals surface area contributed by atoms with Crippen molar-refractivity contribution in [1.29, 1.82) is 0 Å². The number of carboxylic acid groups (broad SMARTS) is 1. The smallest absolute Gasteiger partial charge is 0.339 e. The van der Waals surface area contributed by atoms with Gasteiger partial charge in [-0.25, -0.2) is 9.78 Å². The minimum Gasteiger partial charge on any atom is -0.493 e. The van der Waals surface area contributed by atoms with Crippen molar-refractivity contribution in [2.45, 2.75) is 20.1 Å². The molecule has 0 fully saturated rings. The first kappa shape index (κ1) is 15.2. The number of rotatable bonds is 6. The van der Waals surface area contributed by atoms with Gasteiger partial charge in [0, 0.05) is 17.6 Å². The fourth-order valence-electron chi connectivity index (χ4n) is 1.93. The summed E-state index contributed by atoms with van der Waals surface area (Å²) in [6, 6.07) is 2.85. The normalized spacial score (nSPS) is 10.4. The van der Waals surface area contributed by atoms with Crippen molar-refractivity contribution in [2.75, 3.05) is 7.11 Å². The van der Waals surface area contributed by atoms with Crippen LogP contribution in [0.15, 0.2) is 24.7 Å². The zero-order valence-corrected chi connectivity index (χ0v) is 12.4. The topological polar surface area (TPSA) is 73.6 Å². The molecule has 0 unspecified atom stereocenters. The quantitative estimate of drug-likeness (QED) is 0.888. The van der Waals surface area contributed by atoms with E-state index >= 15 is 0 Å². The van der Waals surface area contributed by atoms with E-state index in [1.165, 1.54) is 19.2 Å². The number of aryl methyl sites for hydroxylation is 1. The number of nitrogens with zero attached hydrogens (tertiary/aromatic N) is 2. The monoisotopic (exact) mass is 310 g/mol. The van der Waals surface area contributed by atoms with Gasteiger partial charge >= 0.3 is 5.97 Å². The summed E-state index contributed by atoms with van der Waals surface area (Å²) in [7, 11) is 1.43. The van der Waals surface area contributed by atoms with Crippen LogP contribution in [-0.2, 0) is 13.2 Å². The predicted molar refractivity (Wildman–Crippen MR) is 77.2 cm³/mol. The molecule has 7 heteroatoms. The molecule has 0 aliphatic rings. The summed E-state index contributed by atoms with van der Waals surface area (Å²) in [6.45, 7) is 2.92. The second-order valence-electron chi connectivity index (χ2n) is 4.25. The number of carbonyl (C=O) groups is 1. The number of halogens is 1. The molecule has 21 heavy (non-hydrogen) atoms. The molecule has 1 heterocycles. The van der Waals surface area contributed by atoms with Crippen LogP contribution in [0, 0.1) is 0 Å². The number of benzene rings is 1. The molecule has 2 aromatic rings. The van der Waals surface area contributed by atoms with E-state index in [4.69, 9.17) is 21.1 Å². The lowest BCUT2D eigenvalue weighted by Crippen LogP contribution is -2.08. The minimum absolute atomic E-state index is 0.0399. The van der Waals surface area contributed by atoms with Crippen molar-refractivity contribution in [3.63, 3.8) is 0 Å². The maximum Gasteiger partial charge on any atom is 0.339 e. The number of hydrogen-bond acceptors (Lipinski definition) is 4. The Labute approximate surface area is 126 Å². The highest BCUT2D eigenvalue weighted by atomic mass is 35.5. The van der Waals surface area contributed by atoms with E-state index in [0.29, 0.717) is 0 Å². The van der Waals surface area contributed by atoms with Gasteiger partial charge in [-0.1, -0.05) is 11.6 Å². The third kappa shape index (κ3) is 3.28. The van der Waals surface area contributed by atoms with Crippen molar-refractivity contribution in [3.05, 3.63) is 40.9 Å². The van der Waals surface area contributed by atoms with E-state index in [2.05, 4.69) is 4.98 Å². The van der Waals surface area contributed by atoms with Gasteiger partial charge in [-0.2, -0.15) is 0 Å². The lowest BCUT2D eigenvalue weighted by atomic mass is 10.2. The van der Waals surface area contributed by atoms with Crippen LogP contribution in [0.4, 0.5) is 0 Å². The molecule has 112 valence electrons. The van der Waals surface area contributed by atoms with E-state index in [9.17, 15) is 9.90 Å². The zero-order valence-electron chi connectivity index (χ0n) is 11.7. The Hall–Kier alpha value is -2.21. The van der Waals surface area contributed by atoms with E-state index in [0.717, 1.165) is 12.2 Å². The molecular weight excluding hydrogens is 296 g/mol. The molecule has 6 nitrogen and oxygen atoms in total. The molecule has 0 spiro atoms. The Balaban J connectivity index is 2.32. The van der Waals surface area contributed by atoms with Crippen molar-refractivity contribution >= 4 is 17.6 Å². The standard InChI is InChI=1S/C14H15ClN2O4/c1-3-17-8-16-6-10(17)7-21-13-11(14(18)19)4-9(15)5-12(13)20-2/h4-6,8H,3,7H2,1-2H3,(H,18,19). The summed E-state index contributed by atoms with van der Waals surface area (Å²) >= 11 is 5.88. The molecular formula is C14H15ClN2O4. The maximum absolute atomic E-state index is 11.3. The van der Waals surface area contributed by atoms with Gasteiger partial charge in [0.1, 0.15) is 12.2 Å². The first-order valence-electron chi connectivity index (χ1n) is 6.29. The third-order valence-electron chi connectivity index (χ3n) is 2.97. The van der Waals surface area contributed by atoms with Gasteiger partial charge in [-0.15, -0.1) is 0 Å². The van der Waals surface area contributed by atoms with Crippen molar-refractivity contribution in [1.82, 2.24) is 9.55 Å². The summed E-state index contributed by atoms with van der Waals surface area (Å²) < 4.78 is 12.7. The van der Waals surface area contributed by atoms with Crippen LogP contribution in [-0.4, -0.2) is 27.7 Å². The molecule has 0 aliphatic heterocycles. The van der Waals surface area contributed by atoms with Gasteiger partial charge in [0.15, 0.2) is 11.5 Å². The summed E-state index contributed by atoms with van der Waals surface area (Å²) in [5, 5.41) is 9.53. The Kier molecular flexibility index (Phi) is 4.70. The highest BCUT2D eigenvalue weighted by Gasteiger charge is 2.19. The summed E-state index contributed by atoms with van der Waals surface area (Å²) in [6.07, 6.45) is 3.36. The summed E-state index contributed by atoms with van der Waals surface area (Å²) in [4.78, 5) is 15.3. The van der Waals surface area contributed by atoms with Crippen LogP contribution >= 0.6 is 11.6 Å². The Bertz CT molecular complexity index is 654. The Morgan fingerprint density at radius 1 is 1.48 bits per heavy atom. The maximum atomic E-state index is 11.3. The predicted octanol–water partition coefficient (Wildman–Crippen LogP) is 2.84. The van der Waals surface area contributed by atoms with Gasteiger partial charge in [0.05, 0.1) is 25.3 Å².